The summed E-state index contributed by atoms with van der Waals surface area (Å²) in [6.07, 6.45) is 1.58. The van der Waals surface area contributed by atoms with Gasteiger partial charge in [0.1, 0.15) is 5.82 Å². The minimum atomic E-state index is -0.346. The van der Waals surface area contributed by atoms with Gasteiger partial charge in [-0.25, -0.2) is 18.6 Å². The Bertz CT molecular complexity index is 859. The lowest BCUT2D eigenvalue weighted by atomic mass is 9.89. The van der Waals surface area contributed by atoms with Crippen LogP contribution < -0.4 is 4.90 Å². The van der Waals surface area contributed by atoms with E-state index < -0.39 is 0 Å². The second-order valence-electron chi connectivity index (χ2n) is 7.47. The summed E-state index contributed by atoms with van der Waals surface area (Å²) >= 11 is 0. The molecule has 5 nitrogen and oxygen atoms in total. The quantitative estimate of drug-likeness (QED) is 0.813. The van der Waals surface area contributed by atoms with Gasteiger partial charge in [-0.3, -0.25) is 0 Å². The van der Waals surface area contributed by atoms with Crippen LogP contribution in [0.15, 0.2) is 42.6 Å². The first-order valence-electron chi connectivity index (χ1n) is 9.04. The zero-order valence-electron chi connectivity index (χ0n) is 15.3. The Kier molecular flexibility index (Phi) is 4.45. The molecule has 0 radical (unpaired) electrons. The number of hydrogen-bond donors (Lipinski definition) is 0. The third-order valence-electron chi connectivity index (χ3n) is 5.52. The Hall–Kier alpha value is -2.70. The van der Waals surface area contributed by atoms with Crippen LogP contribution in [0.2, 0.25) is 0 Å². The maximum absolute atomic E-state index is 14.2. The first-order valence-corrected chi connectivity index (χ1v) is 9.04. The van der Waals surface area contributed by atoms with E-state index in [2.05, 4.69) is 4.98 Å². The Labute approximate surface area is 157 Å². The van der Waals surface area contributed by atoms with Crippen molar-refractivity contribution in [1.29, 1.82) is 0 Å². The fraction of sp³-hybridized carbons (Fsp3) is 0.400. The summed E-state index contributed by atoms with van der Waals surface area (Å²) in [6, 6.07) is 9.07. The third-order valence-corrected chi connectivity index (χ3v) is 5.52. The van der Waals surface area contributed by atoms with Gasteiger partial charge in [0.05, 0.1) is 6.04 Å². The van der Waals surface area contributed by atoms with Crippen LogP contribution in [0.5, 0.6) is 0 Å². The first-order chi connectivity index (χ1) is 13.0. The lowest BCUT2D eigenvalue weighted by Gasteiger charge is -2.32. The van der Waals surface area contributed by atoms with Crippen molar-refractivity contribution < 1.29 is 13.6 Å². The average molecular weight is 372 g/mol. The maximum Gasteiger partial charge on any atom is 0.320 e. The number of nitrogens with zero attached hydrogens (tertiary/aromatic N) is 4. The van der Waals surface area contributed by atoms with E-state index in [4.69, 9.17) is 0 Å². The highest BCUT2D eigenvalue weighted by Gasteiger charge is 2.50. The van der Waals surface area contributed by atoms with Crippen LogP contribution in [-0.2, 0) is 0 Å². The highest BCUT2D eigenvalue weighted by molar-refractivity contribution is 5.75. The van der Waals surface area contributed by atoms with E-state index in [1.54, 1.807) is 37.3 Å². The molecule has 0 spiro atoms. The second-order valence-corrected chi connectivity index (χ2v) is 7.47. The lowest BCUT2D eigenvalue weighted by Crippen LogP contribution is -2.41. The third kappa shape index (κ3) is 3.11. The fourth-order valence-corrected chi connectivity index (χ4v) is 4.40. The molecule has 0 aliphatic carbocycles. The maximum atomic E-state index is 14.2. The molecular weight excluding hydrogens is 350 g/mol. The van der Waals surface area contributed by atoms with E-state index in [9.17, 15) is 13.6 Å². The number of fused-ring (bicyclic) bond motifs is 1. The van der Waals surface area contributed by atoms with Crippen LogP contribution in [0.25, 0.3) is 0 Å². The molecule has 0 unspecified atom stereocenters. The van der Waals surface area contributed by atoms with Crippen molar-refractivity contribution in [3.63, 3.8) is 0 Å². The Morgan fingerprint density at radius 1 is 1.15 bits per heavy atom. The van der Waals surface area contributed by atoms with Gasteiger partial charge in [0.15, 0.2) is 11.6 Å². The van der Waals surface area contributed by atoms with E-state index >= 15 is 0 Å². The molecule has 0 saturated carbocycles. The zero-order valence-corrected chi connectivity index (χ0v) is 15.3. The molecule has 2 aromatic rings. The molecule has 1 aromatic carbocycles. The van der Waals surface area contributed by atoms with Gasteiger partial charge < -0.3 is 14.7 Å². The number of anilines is 1. The molecule has 2 fully saturated rings. The minimum Gasteiger partial charge on any atom is -0.353 e. The smallest absolute Gasteiger partial charge is 0.320 e. The second kappa shape index (κ2) is 6.79. The number of aromatic nitrogens is 1. The van der Waals surface area contributed by atoms with Gasteiger partial charge in [-0.1, -0.05) is 12.1 Å². The number of hydrogen-bond acceptors (Lipinski definition) is 3. The molecule has 3 atom stereocenters. The zero-order chi connectivity index (χ0) is 19.1. The summed E-state index contributed by atoms with van der Waals surface area (Å²) < 4.78 is 28.0. The highest BCUT2D eigenvalue weighted by Crippen LogP contribution is 2.46. The fourth-order valence-electron chi connectivity index (χ4n) is 4.40. The first kappa shape index (κ1) is 17.7. The van der Waals surface area contributed by atoms with Crippen LogP contribution in [0, 0.1) is 23.5 Å². The number of carbonyl (C=O) groups is 1. The lowest BCUT2D eigenvalue weighted by molar-refractivity contribution is 0.159. The van der Waals surface area contributed by atoms with E-state index in [-0.39, 0.29) is 35.5 Å². The van der Waals surface area contributed by atoms with E-state index in [1.807, 2.05) is 15.9 Å². The van der Waals surface area contributed by atoms with Crippen molar-refractivity contribution in [3.05, 3.63) is 59.8 Å². The van der Waals surface area contributed by atoms with Crippen molar-refractivity contribution in [2.24, 2.45) is 11.8 Å². The van der Waals surface area contributed by atoms with Crippen molar-refractivity contribution in [2.45, 2.75) is 6.04 Å². The van der Waals surface area contributed by atoms with E-state index in [1.165, 1.54) is 18.2 Å². The van der Waals surface area contributed by atoms with Gasteiger partial charge >= 0.3 is 6.03 Å². The Morgan fingerprint density at radius 2 is 1.96 bits per heavy atom. The number of pyridine rings is 1. The number of halogens is 2. The molecule has 2 aliphatic heterocycles. The van der Waals surface area contributed by atoms with E-state index in [0.29, 0.717) is 25.5 Å². The van der Waals surface area contributed by atoms with Gasteiger partial charge in [-0.15, -0.1) is 0 Å². The van der Waals surface area contributed by atoms with Gasteiger partial charge in [0.2, 0.25) is 0 Å². The molecule has 0 N–H and O–H groups in total. The molecule has 2 aliphatic rings. The topological polar surface area (TPSA) is 39.7 Å². The number of benzene rings is 1. The SMILES string of the molecule is CN(C)C(=O)N1C[C@H]2CN(c3ncccc3F)C[C@H]2[C@@H]1c1cccc(F)c1. The molecule has 2 amide bonds. The number of carbonyl (C=O) groups excluding carboxylic acids is 1. The highest BCUT2D eigenvalue weighted by atomic mass is 19.1. The Morgan fingerprint density at radius 3 is 2.67 bits per heavy atom. The number of urea groups is 1. The summed E-state index contributed by atoms with van der Waals surface area (Å²) in [5, 5.41) is 0. The summed E-state index contributed by atoms with van der Waals surface area (Å²) in [5.74, 6) is -0.0455. The van der Waals surface area contributed by atoms with Crippen LogP contribution in [0.3, 0.4) is 0 Å². The molecular formula is C20H22F2N4O. The molecule has 3 heterocycles. The minimum absolute atomic E-state index is 0.0887. The number of rotatable bonds is 2. The van der Waals surface area contributed by atoms with Gasteiger partial charge in [0, 0.05) is 51.8 Å². The normalized spacial score (nSPS) is 24.2. The monoisotopic (exact) mass is 372 g/mol. The van der Waals surface area contributed by atoms with Gasteiger partial charge in [0.25, 0.3) is 0 Å². The van der Waals surface area contributed by atoms with Crippen molar-refractivity contribution in [1.82, 2.24) is 14.8 Å². The summed E-state index contributed by atoms with van der Waals surface area (Å²) in [4.78, 5) is 22.2. The van der Waals surface area contributed by atoms with Crippen LogP contribution in [-0.4, -0.2) is 54.5 Å². The summed E-state index contributed by atoms with van der Waals surface area (Å²) in [6.45, 7) is 1.77. The number of amides is 2. The number of likely N-dealkylation sites (tertiary alicyclic amines) is 1. The summed E-state index contributed by atoms with van der Waals surface area (Å²) in [5.41, 5.74) is 0.779. The predicted molar refractivity (Wildman–Crippen MR) is 98.3 cm³/mol. The Balaban J connectivity index is 1.67. The predicted octanol–water partition coefficient (Wildman–Crippen LogP) is 3.15. The molecule has 142 valence electrons. The average Bonchev–Trinajstić information content (AvgIpc) is 3.18. The largest absolute Gasteiger partial charge is 0.353 e. The van der Waals surface area contributed by atoms with E-state index in [0.717, 1.165) is 5.56 Å². The standard InChI is InChI=1S/C20H22F2N4O/c1-24(2)20(27)26-11-14-10-25(19-17(22)7-4-8-23-19)12-16(14)18(26)13-5-3-6-15(21)9-13/h3-9,14,16,18H,10-12H2,1-2H3/t14-,16-,18+/m1/s1. The van der Waals surface area contributed by atoms with Crippen molar-refractivity contribution in [2.75, 3.05) is 38.6 Å². The van der Waals surface area contributed by atoms with Crippen molar-refractivity contribution >= 4 is 11.8 Å². The van der Waals surface area contributed by atoms with Crippen LogP contribution in [0.1, 0.15) is 11.6 Å². The molecule has 2 saturated heterocycles. The molecule has 7 heteroatoms. The van der Waals surface area contributed by atoms with Gasteiger partial charge in [-0.2, -0.15) is 0 Å². The van der Waals surface area contributed by atoms with Crippen molar-refractivity contribution in [3.8, 4) is 0 Å². The molecule has 0 bridgehead atoms. The molecule has 1 aromatic heterocycles. The molecule has 4 rings (SSSR count). The summed E-state index contributed by atoms with van der Waals surface area (Å²) in [7, 11) is 3.43. The van der Waals surface area contributed by atoms with Crippen LogP contribution in [0.4, 0.5) is 19.4 Å². The van der Waals surface area contributed by atoms with Crippen LogP contribution >= 0.6 is 0 Å². The van der Waals surface area contributed by atoms with Gasteiger partial charge in [-0.05, 0) is 29.8 Å². The molecule has 27 heavy (non-hydrogen) atoms.